The Balaban J connectivity index is 2.66. The number of nitrogens with zero attached hydrogens (tertiary/aromatic N) is 1. The quantitative estimate of drug-likeness (QED) is 0.722. The smallest absolute Gasteiger partial charge is 0.258 e. The number of hydrogen-bond acceptors (Lipinski definition) is 3. The fraction of sp³-hybridized carbons (Fsp3) is 0.200. The molecule has 2 aromatic rings. The summed E-state index contributed by atoms with van der Waals surface area (Å²) in [5.74, 6) is 0.524. The summed E-state index contributed by atoms with van der Waals surface area (Å²) >= 11 is 0. The minimum Gasteiger partial charge on any atom is -0.396 e. The van der Waals surface area contributed by atoms with Gasteiger partial charge in [-0.3, -0.25) is 4.79 Å². The summed E-state index contributed by atoms with van der Waals surface area (Å²) in [6.07, 6.45) is 0.375. The minimum absolute atomic E-state index is 0.0126. The fourth-order valence-corrected chi connectivity index (χ4v) is 1.36. The number of aliphatic hydroxyl groups excluding tert-OH is 1. The van der Waals surface area contributed by atoms with Crippen LogP contribution in [0.5, 0.6) is 0 Å². The number of hydrogen-bond donors (Lipinski definition) is 2. The van der Waals surface area contributed by atoms with Crippen LogP contribution < -0.4 is 5.56 Å². The predicted octanol–water partition coefficient (Wildman–Crippen LogP) is 0.458. The van der Waals surface area contributed by atoms with Crippen molar-refractivity contribution in [2.45, 2.75) is 6.42 Å². The van der Waals surface area contributed by atoms with Crippen LogP contribution in [0.15, 0.2) is 29.1 Å². The highest BCUT2D eigenvalue weighted by Crippen LogP contribution is 2.05. The fourth-order valence-electron chi connectivity index (χ4n) is 1.36. The van der Waals surface area contributed by atoms with Crippen molar-refractivity contribution in [2.24, 2.45) is 0 Å². The van der Waals surface area contributed by atoms with E-state index in [0.717, 1.165) is 0 Å². The summed E-state index contributed by atoms with van der Waals surface area (Å²) in [4.78, 5) is 18.3. The minimum atomic E-state index is -0.154. The third kappa shape index (κ3) is 1.52. The van der Waals surface area contributed by atoms with Gasteiger partial charge in [0.1, 0.15) is 5.82 Å². The van der Waals surface area contributed by atoms with E-state index in [9.17, 15) is 4.79 Å². The number of aliphatic hydroxyl groups is 1. The molecule has 2 N–H and O–H groups in total. The average molecular weight is 190 g/mol. The summed E-state index contributed by atoms with van der Waals surface area (Å²) in [5, 5.41) is 9.30. The molecule has 1 aromatic heterocycles. The molecule has 14 heavy (non-hydrogen) atoms. The van der Waals surface area contributed by atoms with Gasteiger partial charge >= 0.3 is 0 Å². The SMILES string of the molecule is O=c1[nH]c(CCO)nc2ccccc12. The summed E-state index contributed by atoms with van der Waals surface area (Å²) in [6.45, 7) is -0.0126. The number of aromatic nitrogens is 2. The Kier molecular flexibility index (Phi) is 2.28. The summed E-state index contributed by atoms with van der Waals surface area (Å²) in [5.41, 5.74) is 0.513. The van der Waals surface area contributed by atoms with Crippen molar-refractivity contribution in [3.05, 3.63) is 40.4 Å². The van der Waals surface area contributed by atoms with E-state index in [-0.39, 0.29) is 12.2 Å². The van der Waals surface area contributed by atoms with E-state index < -0.39 is 0 Å². The third-order valence-corrected chi connectivity index (χ3v) is 2.01. The zero-order valence-corrected chi connectivity index (χ0v) is 7.53. The van der Waals surface area contributed by atoms with Gasteiger partial charge in [-0.2, -0.15) is 0 Å². The number of fused-ring (bicyclic) bond motifs is 1. The monoisotopic (exact) mass is 190 g/mol. The molecule has 0 bridgehead atoms. The molecule has 0 saturated carbocycles. The number of nitrogens with one attached hydrogen (secondary N) is 1. The van der Waals surface area contributed by atoms with E-state index in [1.807, 2.05) is 6.07 Å². The molecular formula is C10H10N2O2. The molecule has 0 fully saturated rings. The molecule has 0 spiro atoms. The van der Waals surface area contributed by atoms with Crippen molar-refractivity contribution in [3.63, 3.8) is 0 Å². The lowest BCUT2D eigenvalue weighted by Crippen LogP contribution is -2.12. The van der Waals surface area contributed by atoms with Gasteiger partial charge in [0.2, 0.25) is 0 Å². The van der Waals surface area contributed by atoms with Gasteiger partial charge in [-0.25, -0.2) is 4.98 Å². The highest BCUT2D eigenvalue weighted by Gasteiger charge is 2.01. The van der Waals surface area contributed by atoms with Crippen molar-refractivity contribution in [3.8, 4) is 0 Å². The molecule has 0 aliphatic heterocycles. The van der Waals surface area contributed by atoms with Crippen LogP contribution in [-0.2, 0) is 6.42 Å². The van der Waals surface area contributed by atoms with Gasteiger partial charge in [0.05, 0.1) is 17.5 Å². The molecule has 0 aliphatic carbocycles. The van der Waals surface area contributed by atoms with Crippen LogP contribution >= 0.6 is 0 Å². The average Bonchev–Trinajstić information content (AvgIpc) is 2.18. The lowest BCUT2D eigenvalue weighted by atomic mass is 10.2. The van der Waals surface area contributed by atoms with Crippen LogP contribution in [0, 0.1) is 0 Å². The van der Waals surface area contributed by atoms with Crippen molar-refractivity contribution in [1.29, 1.82) is 0 Å². The van der Waals surface area contributed by atoms with Crippen LogP contribution in [0.25, 0.3) is 10.9 Å². The Labute approximate surface area is 80.2 Å². The van der Waals surface area contributed by atoms with Crippen molar-refractivity contribution >= 4 is 10.9 Å². The Morgan fingerprint density at radius 1 is 1.36 bits per heavy atom. The first kappa shape index (κ1) is 8.90. The molecule has 4 heteroatoms. The molecule has 1 aromatic carbocycles. The molecule has 4 nitrogen and oxygen atoms in total. The molecule has 0 saturated heterocycles. The number of rotatable bonds is 2. The van der Waals surface area contributed by atoms with Crippen molar-refractivity contribution in [1.82, 2.24) is 9.97 Å². The number of para-hydroxylation sites is 1. The molecule has 0 atom stereocenters. The number of H-pyrrole nitrogens is 1. The lowest BCUT2D eigenvalue weighted by molar-refractivity contribution is 0.296. The van der Waals surface area contributed by atoms with Crippen LogP contribution in [-0.4, -0.2) is 21.7 Å². The standard InChI is InChI=1S/C10H10N2O2/c13-6-5-9-11-8-4-2-1-3-7(8)10(14)12-9/h1-4,13H,5-6H2,(H,11,12,14). The summed E-state index contributed by atoms with van der Waals surface area (Å²) in [7, 11) is 0. The summed E-state index contributed by atoms with van der Waals surface area (Å²) < 4.78 is 0. The first-order valence-electron chi connectivity index (χ1n) is 4.40. The topological polar surface area (TPSA) is 66.0 Å². The Morgan fingerprint density at radius 3 is 2.93 bits per heavy atom. The van der Waals surface area contributed by atoms with E-state index in [1.54, 1.807) is 18.2 Å². The second kappa shape index (κ2) is 3.59. The van der Waals surface area contributed by atoms with Gasteiger partial charge in [0.15, 0.2) is 0 Å². The van der Waals surface area contributed by atoms with Crippen molar-refractivity contribution in [2.75, 3.05) is 6.61 Å². The van der Waals surface area contributed by atoms with E-state index >= 15 is 0 Å². The van der Waals surface area contributed by atoms with Gasteiger partial charge < -0.3 is 10.1 Å². The van der Waals surface area contributed by atoms with E-state index in [1.165, 1.54) is 0 Å². The zero-order chi connectivity index (χ0) is 9.97. The van der Waals surface area contributed by atoms with E-state index in [4.69, 9.17) is 5.11 Å². The molecule has 2 rings (SSSR count). The second-order valence-corrected chi connectivity index (χ2v) is 3.00. The van der Waals surface area contributed by atoms with Gasteiger partial charge in [0, 0.05) is 6.42 Å². The van der Waals surface area contributed by atoms with E-state index in [0.29, 0.717) is 23.1 Å². The second-order valence-electron chi connectivity index (χ2n) is 3.00. The van der Waals surface area contributed by atoms with Gasteiger partial charge in [-0.1, -0.05) is 12.1 Å². The maximum atomic E-state index is 11.5. The maximum absolute atomic E-state index is 11.5. The third-order valence-electron chi connectivity index (χ3n) is 2.01. The molecule has 0 unspecified atom stereocenters. The first-order valence-corrected chi connectivity index (χ1v) is 4.40. The molecule has 0 radical (unpaired) electrons. The van der Waals surface area contributed by atoms with Crippen molar-refractivity contribution < 1.29 is 5.11 Å². The van der Waals surface area contributed by atoms with Crippen LogP contribution in [0.3, 0.4) is 0 Å². The van der Waals surface area contributed by atoms with Crippen LogP contribution in [0.4, 0.5) is 0 Å². The normalized spacial score (nSPS) is 10.6. The van der Waals surface area contributed by atoms with Crippen LogP contribution in [0.2, 0.25) is 0 Å². The first-order chi connectivity index (χ1) is 6.81. The molecule has 0 amide bonds. The Bertz CT molecular complexity index is 505. The van der Waals surface area contributed by atoms with Gasteiger partial charge in [0.25, 0.3) is 5.56 Å². The van der Waals surface area contributed by atoms with Crippen LogP contribution in [0.1, 0.15) is 5.82 Å². The Hall–Kier alpha value is -1.68. The lowest BCUT2D eigenvalue weighted by Gasteiger charge is -1.99. The molecule has 72 valence electrons. The summed E-state index contributed by atoms with van der Waals surface area (Å²) in [6, 6.07) is 7.14. The van der Waals surface area contributed by atoms with Gasteiger partial charge in [-0.15, -0.1) is 0 Å². The van der Waals surface area contributed by atoms with Gasteiger partial charge in [-0.05, 0) is 12.1 Å². The number of aromatic amines is 1. The molecule has 1 heterocycles. The molecular weight excluding hydrogens is 180 g/mol. The highest BCUT2D eigenvalue weighted by molar-refractivity contribution is 5.77. The maximum Gasteiger partial charge on any atom is 0.258 e. The predicted molar refractivity (Wildman–Crippen MR) is 53.2 cm³/mol. The largest absolute Gasteiger partial charge is 0.396 e. The highest BCUT2D eigenvalue weighted by atomic mass is 16.3. The Morgan fingerprint density at radius 2 is 2.14 bits per heavy atom. The molecule has 0 aliphatic rings. The number of benzene rings is 1. The van der Waals surface area contributed by atoms with E-state index in [2.05, 4.69) is 9.97 Å². The zero-order valence-electron chi connectivity index (χ0n) is 7.53.